The summed E-state index contributed by atoms with van der Waals surface area (Å²) in [6, 6.07) is 0. The first-order chi connectivity index (χ1) is 5.24. The summed E-state index contributed by atoms with van der Waals surface area (Å²) in [6.07, 6.45) is 0. The topological polar surface area (TPSA) is 129 Å². The van der Waals surface area contributed by atoms with Crippen molar-refractivity contribution in [3.8, 4) is 0 Å². The predicted molar refractivity (Wildman–Crippen MR) is 32.8 cm³/mol. The van der Waals surface area contributed by atoms with Crippen LogP contribution in [0.2, 0.25) is 0 Å². The number of hydrogen-bond acceptors (Lipinski definition) is 4. The molecule has 0 fully saturated rings. The van der Waals surface area contributed by atoms with Gasteiger partial charge in [0.2, 0.25) is 0 Å². The first-order valence-corrected chi connectivity index (χ1v) is 1.72. The van der Waals surface area contributed by atoms with Crippen LogP contribution in [0.3, 0.4) is 0 Å². The normalized spacial score (nSPS) is 3.33. The van der Waals surface area contributed by atoms with Crippen molar-refractivity contribution in [1.82, 2.24) is 0 Å². The third-order valence-electron chi connectivity index (χ3n) is 0. The molecule has 0 amide bonds. The van der Waals surface area contributed by atoms with Gasteiger partial charge in [-0.15, -0.1) is 0 Å². The molecule has 0 aromatic carbocycles. The molecule has 0 saturated heterocycles. The van der Waals surface area contributed by atoms with E-state index in [1.807, 2.05) is 0 Å². The molecule has 0 aliphatic rings. The molecule has 0 aliphatic carbocycles. The van der Waals surface area contributed by atoms with Gasteiger partial charge in [0.05, 0.1) is 0 Å². The Bertz CT molecular complexity index is 61.5. The summed E-state index contributed by atoms with van der Waals surface area (Å²) in [5.74, 6) is 0. The predicted octanol–water partition coefficient (Wildman–Crippen LogP) is -1.17. The van der Waals surface area contributed by atoms with Crippen LogP contribution in [0, 0.1) is 0 Å². The Kier molecular flexibility index (Phi) is 605. The summed E-state index contributed by atoms with van der Waals surface area (Å²) < 4.78 is 0. The van der Waals surface area contributed by atoms with Crippen molar-refractivity contribution in [3.63, 3.8) is 0 Å². The molecule has 3 N–H and O–H groups in total. The van der Waals surface area contributed by atoms with Crippen LogP contribution in [-0.4, -0.2) is 41.5 Å². The van der Waals surface area contributed by atoms with E-state index in [1.165, 1.54) is 0 Å². The Morgan fingerprint density at radius 1 is 0.750 bits per heavy atom. The van der Waals surface area contributed by atoms with Crippen LogP contribution in [0.25, 0.3) is 0 Å². The molecule has 0 aromatic rings. The molecule has 0 bridgehead atoms. The van der Waals surface area contributed by atoms with Crippen LogP contribution in [0.5, 0.6) is 0 Å². The van der Waals surface area contributed by atoms with Crippen LogP contribution < -0.4 is 0 Å². The summed E-state index contributed by atoms with van der Waals surface area (Å²) in [6.45, 7) is 2.50. The molecule has 0 unspecified atom stereocenters. The van der Waals surface area contributed by atoms with Crippen LogP contribution in [0.15, 0.2) is 0 Å². The molecule has 0 radical (unpaired) electrons. The maximum atomic E-state index is 8.36. The molecule has 0 aliphatic heterocycles. The number of carboxylic acid groups (broad SMARTS) is 3. The van der Waals surface area contributed by atoms with Crippen molar-refractivity contribution in [1.29, 1.82) is 0 Å². The van der Waals surface area contributed by atoms with Gasteiger partial charge >= 0.3 is 0 Å². The number of hydrogen-bond donors (Lipinski definition) is 3. The minimum Gasteiger partial charge on any atom is -0.545 e. The molecular formula is C4H7O7Ti-. The Balaban J connectivity index is -0.0000000179. The zero-order valence-electron chi connectivity index (χ0n) is 5.78. The van der Waals surface area contributed by atoms with Gasteiger partial charge in [0.15, 0.2) is 0 Å². The Morgan fingerprint density at radius 3 is 0.750 bits per heavy atom. The third-order valence-corrected chi connectivity index (χ3v) is 0. The molecule has 0 rings (SSSR count). The van der Waals surface area contributed by atoms with Gasteiger partial charge in [0, 0.05) is 21.7 Å². The summed E-state index contributed by atoms with van der Waals surface area (Å²) >= 11 is 0. The standard InChI is InChI=1S/3CH2O2.CHO.Ti/c3*2-1-3;1-2;/h3*1H,(H,2,3);1H;/q;;;-1;. The van der Waals surface area contributed by atoms with Gasteiger partial charge in [-0.3, -0.25) is 21.2 Å². The van der Waals surface area contributed by atoms with Gasteiger partial charge in [-0.1, -0.05) is 0 Å². The molecule has 12 heavy (non-hydrogen) atoms. The average molecular weight is 215 g/mol. The van der Waals surface area contributed by atoms with Gasteiger partial charge in [-0.05, 0) is 0 Å². The van der Waals surface area contributed by atoms with Crippen molar-refractivity contribution in [2.24, 2.45) is 0 Å². The minimum atomic E-state index is -0.250. The fraction of sp³-hybridized carbons (Fsp3) is 0. The summed E-state index contributed by atoms with van der Waals surface area (Å²) in [5, 5.41) is 20.7. The van der Waals surface area contributed by atoms with Crippen molar-refractivity contribution < 1.29 is 56.2 Å². The fourth-order valence-corrected chi connectivity index (χ4v) is 0. The van der Waals surface area contributed by atoms with Crippen LogP contribution in [0.1, 0.15) is 0 Å². The third kappa shape index (κ3) is 368. The fourth-order valence-electron chi connectivity index (χ4n) is 0. The molecule has 0 heterocycles. The van der Waals surface area contributed by atoms with E-state index in [0.717, 1.165) is 0 Å². The largest absolute Gasteiger partial charge is 0.545 e. The summed E-state index contributed by atoms with van der Waals surface area (Å²) in [7, 11) is 0. The summed E-state index contributed by atoms with van der Waals surface area (Å²) in [5.41, 5.74) is 0. The Labute approximate surface area is 82.9 Å². The Hall–Kier alpha value is -1.21. The molecule has 0 atom stereocenters. The van der Waals surface area contributed by atoms with E-state index in [2.05, 4.69) is 6.79 Å². The van der Waals surface area contributed by atoms with Crippen molar-refractivity contribution in [2.45, 2.75) is 0 Å². The molecule has 0 aromatic heterocycles. The van der Waals surface area contributed by atoms with Gasteiger partial charge in [-0.2, -0.15) is 0 Å². The SMILES string of the molecule is O=CO.O=CO.O=CO.[CH-]=O.[Ti]. The first kappa shape index (κ1) is 30.8. The first-order valence-electron chi connectivity index (χ1n) is 1.72. The monoisotopic (exact) mass is 215 g/mol. The quantitative estimate of drug-likeness (QED) is 0.263. The van der Waals surface area contributed by atoms with E-state index in [9.17, 15) is 0 Å². The molecule has 0 saturated carbocycles. The second-order valence-electron chi connectivity index (χ2n) is 0.316. The van der Waals surface area contributed by atoms with Gasteiger partial charge in [0.1, 0.15) is 0 Å². The minimum absolute atomic E-state index is 0. The smallest absolute Gasteiger partial charge is 0.290 e. The Morgan fingerprint density at radius 2 is 0.750 bits per heavy atom. The van der Waals surface area contributed by atoms with Gasteiger partial charge in [-0.25, -0.2) is 0 Å². The molecule has 70 valence electrons. The molecule has 7 nitrogen and oxygen atoms in total. The summed E-state index contributed by atoms with van der Waals surface area (Å²) in [4.78, 5) is 32.8. The van der Waals surface area contributed by atoms with Crippen LogP contribution >= 0.6 is 0 Å². The maximum Gasteiger partial charge on any atom is 0.290 e. The van der Waals surface area contributed by atoms with Crippen molar-refractivity contribution in [3.05, 3.63) is 0 Å². The molecular weight excluding hydrogens is 208 g/mol. The van der Waals surface area contributed by atoms with Crippen LogP contribution in [-0.2, 0) is 40.9 Å². The number of carbonyl (C=O) groups excluding carboxylic acids is 1. The van der Waals surface area contributed by atoms with E-state index in [4.69, 9.17) is 34.5 Å². The number of rotatable bonds is 0. The zero-order chi connectivity index (χ0) is 10.1. The van der Waals surface area contributed by atoms with Crippen LogP contribution in [0.4, 0.5) is 0 Å². The van der Waals surface area contributed by atoms with E-state index >= 15 is 0 Å². The van der Waals surface area contributed by atoms with Crippen molar-refractivity contribution in [2.75, 3.05) is 0 Å². The van der Waals surface area contributed by atoms with E-state index in [0.29, 0.717) is 0 Å². The van der Waals surface area contributed by atoms with E-state index in [-0.39, 0.29) is 41.1 Å². The molecule has 8 heteroatoms. The van der Waals surface area contributed by atoms with Gasteiger partial charge in [0.25, 0.3) is 19.4 Å². The van der Waals surface area contributed by atoms with Crippen molar-refractivity contribution >= 4 is 26.2 Å². The molecule has 0 spiro atoms. The second-order valence-corrected chi connectivity index (χ2v) is 0.316. The van der Waals surface area contributed by atoms with Gasteiger partial charge < -0.3 is 20.1 Å². The number of carbonyl (C=O) groups is 3. The van der Waals surface area contributed by atoms with E-state index in [1.54, 1.807) is 0 Å². The van der Waals surface area contributed by atoms with E-state index < -0.39 is 0 Å². The maximum absolute atomic E-state index is 8.36. The average Bonchev–Trinajstić information content (AvgIpc) is 1.96. The zero-order valence-corrected chi connectivity index (χ0v) is 7.35. The second kappa shape index (κ2) is 235.